The SMILES string of the molecule is CCCC1(C(=O)O)CCN(Cc2ncnn2C(C)C)CC1. The number of nitrogens with zero attached hydrogens (tertiary/aromatic N) is 4. The van der Waals surface area contributed by atoms with Crippen molar-refractivity contribution < 1.29 is 9.90 Å². The molecule has 0 unspecified atom stereocenters. The third-order valence-electron chi connectivity index (χ3n) is 4.50. The van der Waals surface area contributed by atoms with Crippen molar-refractivity contribution in [2.75, 3.05) is 13.1 Å². The fourth-order valence-corrected chi connectivity index (χ4v) is 3.21. The predicted octanol–water partition coefficient (Wildman–Crippen LogP) is 2.33. The molecule has 0 atom stereocenters. The molecule has 0 amide bonds. The summed E-state index contributed by atoms with van der Waals surface area (Å²) in [6, 6.07) is 0.297. The van der Waals surface area contributed by atoms with Gasteiger partial charge in [0, 0.05) is 6.04 Å². The van der Waals surface area contributed by atoms with Crippen LogP contribution in [0.15, 0.2) is 6.33 Å². The van der Waals surface area contributed by atoms with Crippen molar-refractivity contribution >= 4 is 5.97 Å². The molecule has 0 saturated carbocycles. The Bertz CT molecular complexity index is 476. The summed E-state index contributed by atoms with van der Waals surface area (Å²) in [5.74, 6) is 0.331. The number of rotatable bonds is 6. The van der Waals surface area contributed by atoms with Gasteiger partial charge >= 0.3 is 5.97 Å². The molecular weight excluding hydrogens is 268 g/mol. The average Bonchev–Trinajstić information content (AvgIpc) is 2.89. The Morgan fingerprint density at radius 2 is 2.10 bits per heavy atom. The van der Waals surface area contributed by atoms with Gasteiger partial charge in [0.2, 0.25) is 0 Å². The van der Waals surface area contributed by atoms with Gasteiger partial charge in [0.05, 0.1) is 12.0 Å². The molecule has 1 saturated heterocycles. The number of hydrogen-bond donors (Lipinski definition) is 1. The van der Waals surface area contributed by atoms with E-state index in [0.29, 0.717) is 6.04 Å². The zero-order valence-corrected chi connectivity index (χ0v) is 13.2. The van der Waals surface area contributed by atoms with Crippen LogP contribution < -0.4 is 0 Å². The van der Waals surface area contributed by atoms with Crippen LogP contribution in [0.25, 0.3) is 0 Å². The van der Waals surface area contributed by atoms with E-state index in [9.17, 15) is 9.90 Å². The largest absolute Gasteiger partial charge is 0.481 e. The molecule has 1 fully saturated rings. The third-order valence-corrected chi connectivity index (χ3v) is 4.50. The standard InChI is InChI=1S/C15H26N4O2/c1-4-5-15(14(20)21)6-8-18(9-7-15)10-13-16-11-17-19(13)12(2)3/h11-12H,4-10H2,1-3H3,(H,20,21). The molecule has 1 aliphatic rings. The molecule has 2 heterocycles. The van der Waals surface area contributed by atoms with Crippen LogP contribution in [0.5, 0.6) is 0 Å². The van der Waals surface area contributed by atoms with Crippen LogP contribution in [0.1, 0.15) is 58.3 Å². The Hall–Kier alpha value is -1.43. The lowest BCUT2D eigenvalue weighted by Gasteiger charge is -2.38. The first kappa shape index (κ1) is 15.9. The molecule has 0 aromatic carbocycles. The van der Waals surface area contributed by atoms with E-state index < -0.39 is 11.4 Å². The van der Waals surface area contributed by atoms with Crippen LogP contribution in [0.4, 0.5) is 0 Å². The predicted molar refractivity (Wildman–Crippen MR) is 79.9 cm³/mol. The molecule has 1 aromatic rings. The van der Waals surface area contributed by atoms with E-state index in [1.165, 1.54) is 0 Å². The number of aliphatic carboxylic acids is 1. The van der Waals surface area contributed by atoms with Crippen molar-refractivity contribution in [3.8, 4) is 0 Å². The van der Waals surface area contributed by atoms with E-state index >= 15 is 0 Å². The maximum absolute atomic E-state index is 11.6. The molecule has 0 radical (unpaired) electrons. The molecule has 0 spiro atoms. The van der Waals surface area contributed by atoms with Crippen LogP contribution in [0.2, 0.25) is 0 Å². The first-order valence-electron chi connectivity index (χ1n) is 7.82. The highest BCUT2D eigenvalue weighted by Gasteiger charge is 2.40. The quantitative estimate of drug-likeness (QED) is 0.872. The molecular formula is C15H26N4O2. The number of aromatic nitrogens is 3. The van der Waals surface area contributed by atoms with Gasteiger partial charge in [-0.05, 0) is 46.2 Å². The second-order valence-electron chi connectivity index (χ2n) is 6.33. The highest BCUT2D eigenvalue weighted by Crippen LogP contribution is 2.36. The number of carbonyl (C=O) groups is 1. The van der Waals surface area contributed by atoms with E-state index in [-0.39, 0.29) is 0 Å². The fraction of sp³-hybridized carbons (Fsp3) is 0.800. The molecule has 1 aliphatic heterocycles. The summed E-state index contributed by atoms with van der Waals surface area (Å²) in [5.41, 5.74) is -0.517. The number of likely N-dealkylation sites (tertiary alicyclic amines) is 1. The van der Waals surface area contributed by atoms with Crippen molar-refractivity contribution in [1.82, 2.24) is 19.7 Å². The zero-order chi connectivity index (χ0) is 15.5. The number of hydrogen-bond acceptors (Lipinski definition) is 4. The monoisotopic (exact) mass is 294 g/mol. The van der Waals surface area contributed by atoms with Crippen molar-refractivity contribution in [1.29, 1.82) is 0 Å². The van der Waals surface area contributed by atoms with Gasteiger partial charge in [0.25, 0.3) is 0 Å². The van der Waals surface area contributed by atoms with E-state index in [4.69, 9.17) is 0 Å². The number of carboxylic acids is 1. The lowest BCUT2D eigenvalue weighted by molar-refractivity contribution is -0.152. The van der Waals surface area contributed by atoms with Crippen molar-refractivity contribution in [3.05, 3.63) is 12.2 Å². The molecule has 0 aliphatic carbocycles. The molecule has 6 heteroatoms. The van der Waals surface area contributed by atoms with E-state index in [1.54, 1.807) is 6.33 Å². The topological polar surface area (TPSA) is 71.2 Å². The Morgan fingerprint density at radius 3 is 2.62 bits per heavy atom. The van der Waals surface area contributed by atoms with Crippen molar-refractivity contribution in [2.45, 2.75) is 59.0 Å². The Morgan fingerprint density at radius 1 is 1.43 bits per heavy atom. The minimum atomic E-state index is -0.630. The van der Waals surface area contributed by atoms with Crippen molar-refractivity contribution in [3.63, 3.8) is 0 Å². The first-order chi connectivity index (χ1) is 9.98. The van der Waals surface area contributed by atoms with Gasteiger partial charge in [-0.15, -0.1) is 0 Å². The van der Waals surface area contributed by atoms with Gasteiger partial charge in [-0.2, -0.15) is 5.10 Å². The van der Waals surface area contributed by atoms with E-state index in [1.807, 2.05) is 4.68 Å². The van der Waals surface area contributed by atoms with Gasteiger partial charge in [-0.1, -0.05) is 13.3 Å². The summed E-state index contributed by atoms with van der Waals surface area (Å²) in [5, 5.41) is 13.8. The lowest BCUT2D eigenvalue weighted by atomic mass is 9.75. The molecule has 6 nitrogen and oxygen atoms in total. The second-order valence-corrected chi connectivity index (χ2v) is 6.33. The Labute approximate surface area is 126 Å². The van der Waals surface area contributed by atoms with Gasteiger partial charge in [0.15, 0.2) is 0 Å². The van der Waals surface area contributed by atoms with E-state index in [0.717, 1.165) is 51.1 Å². The van der Waals surface area contributed by atoms with Crippen LogP contribution in [-0.2, 0) is 11.3 Å². The maximum atomic E-state index is 11.6. The van der Waals surface area contributed by atoms with E-state index in [2.05, 4.69) is 35.8 Å². The second kappa shape index (κ2) is 6.56. The van der Waals surface area contributed by atoms with Crippen molar-refractivity contribution in [2.24, 2.45) is 5.41 Å². The van der Waals surface area contributed by atoms with Gasteiger partial charge in [-0.25, -0.2) is 9.67 Å². The highest BCUT2D eigenvalue weighted by molar-refractivity contribution is 5.74. The maximum Gasteiger partial charge on any atom is 0.309 e. The summed E-state index contributed by atoms with van der Waals surface area (Å²) < 4.78 is 1.94. The molecule has 118 valence electrons. The third kappa shape index (κ3) is 3.43. The minimum Gasteiger partial charge on any atom is -0.481 e. The number of piperidine rings is 1. The Kier molecular flexibility index (Phi) is 4.98. The molecule has 1 aromatic heterocycles. The van der Waals surface area contributed by atoms with Crippen LogP contribution in [-0.4, -0.2) is 43.8 Å². The average molecular weight is 294 g/mol. The van der Waals surface area contributed by atoms with Gasteiger partial charge in [-0.3, -0.25) is 9.69 Å². The summed E-state index contributed by atoms with van der Waals surface area (Å²) in [6.07, 6.45) is 4.75. The Balaban J connectivity index is 1.97. The lowest BCUT2D eigenvalue weighted by Crippen LogP contribution is -2.44. The smallest absolute Gasteiger partial charge is 0.309 e. The molecule has 21 heavy (non-hydrogen) atoms. The van der Waals surface area contributed by atoms with Gasteiger partial charge < -0.3 is 5.11 Å². The minimum absolute atomic E-state index is 0.297. The summed E-state index contributed by atoms with van der Waals surface area (Å²) in [4.78, 5) is 18.2. The fourth-order valence-electron chi connectivity index (χ4n) is 3.21. The van der Waals surface area contributed by atoms with Crippen LogP contribution in [0, 0.1) is 5.41 Å². The first-order valence-corrected chi connectivity index (χ1v) is 7.82. The zero-order valence-electron chi connectivity index (χ0n) is 13.2. The van der Waals surface area contributed by atoms with Crippen LogP contribution >= 0.6 is 0 Å². The van der Waals surface area contributed by atoms with Gasteiger partial charge in [0.1, 0.15) is 12.2 Å². The molecule has 2 rings (SSSR count). The highest BCUT2D eigenvalue weighted by atomic mass is 16.4. The van der Waals surface area contributed by atoms with Crippen LogP contribution in [0.3, 0.4) is 0 Å². The number of carboxylic acid groups (broad SMARTS) is 1. The summed E-state index contributed by atoms with van der Waals surface area (Å²) >= 11 is 0. The molecule has 0 bridgehead atoms. The molecule has 1 N–H and O–H groups in total. The summed E-state index contributed by atoms with van der Waals surface area (Å²) in [7, 11) is 0. The summed E-state index contributed by atoms with van der Waals surface area (Å²) in [6.45, 7) is 8.62. The normalized spacial score (nSPS) is 19.0.